The van der Waals surface area contributed by atoms with E-state index in [1.807, 2.05) is 42.1 Å². The summed E-state index contributed by atoms with van der Waals surface area (Å²) in [5.41, 5.74) is 5.05. The molecule has 0 unspecified atom stereocenters. The van der Waals surface area contributed by atoms with Crippen molar-refractivity contribution < 1.29 is 9.90 Å². The third-order valence-electron chi connectivity index (χ3n) is 3.28. The van der Waals surface area contributed by atoms with Crippen molar-refractivity contribution in [1.29, 1.82) is 0 Å². The van der Waals surface area contributed by atoms with Crippen molar-refractivity contribution in [1.82, 2.24) is 9.55 Å². The van der Waals surface area contributed by atoms with Gasteiger partial charge >= 0.3 is 5.97 Å². The number of aromatic carboxylic acids is 1. The van der Waals surface area contributed by atoms with Crippen LogP contribution in [-0.2, 0) is 0 Å². The second-order valence-electron chi connectivity index (χ2n) is 4.91. The van der Waals surface area contributed by atoms with E-state index in [1.54, 1.807) is 17.4 Å². The highest BCUT2D eigenvalue weighted by molar-refractivity contribution is 7.16. The molecule has 3 aromatic rings. The Hall–Kier alpha value is -2.14. The van der Waals surface area contributed by atoms with Gasteiger partial charge in [-0.2, -0.15) is 0 Å². The molecule has 20 heavy (non-hydrogen) atoms. The molecule has 3 rings (SSSR count). The molecule has 0 bridgehead atoms. The van der Waals surface area contributed by atoms with E-state index in [4.69, 9.17) is 0 Å². The van der Waals surface area contributed by atoms with E-state index in [-0.39, 0.29) is 6.04 Å². The third-order valence-corrected chi connectivity index (χ3v) is 4.07. The smallest absolute Gasteiger partial charge is 0.352 e. The van der Waals surface area contributed by atoms with Crippen LogP contribution in [0.5, 0.6) is 0 Å². The van der Waals surface area contributed by atoms with Crippen LogP contribution in [0.3, 0.4) is 0 Å². The van der Waals surface area contributed by atoms with Crippen LogP contribution in [0.4, 0.5) is 0 Å². The molecule has 0 aliphatic carbocycles. The maximum atomic E-state index is 11.3. The van der Waals surface area contributed by atoms with Crippen molar-refractivity contribution in [2.75, 3.05) is 0 Å². The standard InChI is InChI=1S/C15H14N2O2S/c1-9(2)17-12(5-6-13(17)15(18)19)10-3-4-11-14(7-10)20-8-16-11/h3-9H,1-2H3,(H,18,19). The summed E-state index contributed by atoms with van der Waals surface area (Å²) in [6, 6.07) is 9.64. The molecule has 0 fully saturated rings. The van der Waals surface area contributed by atoms with E-state index in [1.165, 1.54) is 0 Å². The quantitative estimate of drug-likeness (QED) is 0.790. The molecule has 1 aromatic carbocycles. The van der Waals surface area contributed by atoms with Gasteiger partial charge < -0.3 is 9.67 Å². The summed E-state index contributed by atoms with van der Waals surface area (Å²) in [4.78, 5) is 15.6. The van der Waals surface area contributed by atoms with Gasteiger partial charge in [-0.15, -0.1) is 11.3 Å². The lowest BCUT2D eigenvalue weighted by Crippen LogP contribution is -2.11. The molecule has 2 heterocycles. The first kappa shape index (κ1) is 12.9. The van der Waals surface area contributed by atoms with Gasteiger partial charge in [0.05, 0.1) is 15.7 Å². The monoisotopic (exact) mass is 286 g/mol. The molecule has 0 aliphatic rings. The Morgan fingerprint density at radius 3 is 2.80 bits per heavy atom. The average Bonchev–Trinajstić information content (AvgIpc) is 3.04. The van der Waals surface area contributed by atoms with Crippen molar-refractivity contribution >= 4 is 27.5 Å². The first-order chi connectivity index (χ1) is 9.58. The lowest BCUT2D eigenvalue weighted by Gasteiger charge is -2.15. The van der Waals surface area contributed by atoms with E-state index >= 15 is 0 Å². The normalized spacial score (nSPS) is 11.3. The molecule has 1 N–H and O–H groups in total. The van der Waals surface area contributed by atoms with Crippen LogP contribution in [0.15, 0.2) is 35.8 Å². The molecule has 0 saturated heterocycles. The number of aromatic nitrogens is 2. The number of benzene rings is 1. The summed E-state index contributed by atoms with van der Waals surface area (Å²) < 4.78 is 2.96. The van der Waals surface area contributed by atoms with Gasteiger partial charge in [0.25, 0.3) is 0 Å². The summed E-state index contributed by atoms with van der Waals surface area (Å²) in [6.07, 6.45) is 0. The molecule has 102 valence electrons. The molecular weight excluding hydrogens is 272 g/mol. The molecule has 0 atom stereocenters. The van der Waals surface area contributed by atoms with Crippen LogP contribution in [0.2, 0.25) is 0 Å². The molecule has 0 amide bonds. The minimum absolute atomic E-state index is 0.0863. The van der Waals surface area contributed by atoms with Gasteiger partial charge in [0.1, 0.15) is 5.69 Å². The van der Waals surface area contributed by atoms with Gasteiger partial charge in [-0.3, -0.25) is 0 Å². The van der Waals surface area contributed by atoms with Gasteiger partial charge in [-0.1, -0.05) is 6.07 Å². The summed E-state index contributed by atoms with van der Waals surface area (Å²) in [5, 5.41) is 9.28. The maximum absolute atomic E-state index is 11.3. The highest BCUT2D eigenvalue weighted by Gasteiger charge is 2.17. The second-order valence-corrected chi connectivity index (χ2v) is 5.79. The molecule has 0 saturated carbocycles. The zero-order chi connectivity index (χ0) is 14.3. The SMILES string of the molecule is CC(C)n1c(C(=O)O)ccc1-c1ccc2ncsc2c1. The molecule has 0 spiro atoms. The number of nitrogens with zero attached hydrogens (tertiary/aromatic N) is 2. The maximum Gasteiger partial charge on any atom is 0.352 e. The van der Waals surface area contributed by atoms with Gasteiger partial charge in [-0.25, -0.2) is 9.78 Å². The minimum Gasteiger partial charge on any atom is -0.477 e. The van der Waals surface area contributed by atoms with Crippen molar-refractivity contribution in [3.63, 3.8) is 0 Å². The Labute approximate surface area is 120 Å². The number of fused-ring (bicyclic) bond motifs is 1. The second kappa shape index (κ2) is 4.76. The Balaban J connectivity index is 2.20. The van der Waals surface area contributed by atoms with E-state index < -0.39 is 5.97 Å². The average molecular weight is 286 g/mol. The van der Waals surface area contributed by atoms with E-state index in [9.17, 15) is 9.90 Å². The molecule has 4 nitrogen and oxygen atoms in total. The Morgan fingerprint density at radius 1 is 1.30 bits per heavy atom. The Kier molecular flexibility index (Phi) is 3.06. The summed E-state index contributed by atoms with van der Waals surface area (Å²) >= 11 is 1.59. The van der Waals surface area contributed by atoms with Crippen molar-refractivity contribution in [3.05, 3.63) is 41.5 Å². The number of rotatable bonds is 3. The fourth-order valence-electron chi connectivity index (χ4n) is 2.43. The predicted molar refractivity (Wildman–Crippen MR) is 80.4 cm³/mol. The number of hydrogen-bond donors (Lipinski definition) is 1. The highest BCUT2D eigenvalue weighted by atomic mass is 32.1. The fraction of sp³-hybridized carbons (Fsp3) is 0.200. The van der Waals surface area contributed by atoms with Gasteiger partial charge in [0, 0.05) is 11.7 Å². The number of carboxylic acid groups (broad SMARTS) is 1. The molecule has 5 heteroatoms. The van der Waals surface area contributed by atoms with Crippen LogP contribution in [0.25, 0.3) is 21.5 Å². The van der Waals surface area contributed by atoms with Gasteiger partial charge in [-0.05, 0) is 43.7 Å². The largest absolute Gasteiger partial charge is 0.477 e. The van der Waals surface area contributed by atoms with Crippen LogP contribution in [0.1, 0.15) is 30.4 Å². The van der Waals surface area contributed by atoms with Crippen molar-refractivity contribution in [3.8, 4) is 11.3 Å². The number of thiazole rings is 1. The topological polar surface area (TPSA) is 55.1 Å². The summed E-state index contributed by atoms with van der Waals surface area (Å²) in [6.45, 7) is 3.97. The summed E-state index contributed by atoms with van der Waals surface area (Å²) in [5.74, 6) is -0.899. The Morgan fingerprint density at radius 2 is 2.10 bits per heavy atom. The fourth-order valence-corrected chi connectivity index (χ4v) is 3.14. The first-order valence-electron chi connectivity index (χ1n) is 6.36. The van der Waals surface area contributed by atoms with Crippen LogP contribution < -0.4 is 0 Å². The van der Waals surface area contributed by atoms with Crippen molar-refractivity contribution in [2.45, 2.75) is 19.9 Å². The minimum atomic E-state index is -0.899. The molecular formula is C15H14N2O2S. The van der Waals surface area contributed by atoms with Crippen LogP contribution in [0, 0.1) is 0 Å². The number of carboxylic acids is 1. The van der Waals surface area contributed by atoms with E-state index in [0.717, 1.165) is 21.5 Å². The zero-order valence-corrected chi connectivity index (χ0v) is 12.0. The Bertz CT molecular complexity index is 786. The lowest BCUT2D eigenvalue weighted by atomic mass is 10.1. The third kappa shape index (κ3) is 2.00. The molecule has 2 aromatic heterocycles. The van der Waals surface area contributed by atoms with E-state index in [0.29, 0.717) is 5.69 Å². The molecule has 0 aliphatic heterocycles. The number of hydrogen-bond acceptors (Lipinski definition) is 3. The zero-order valence-electron chi connectivity index (χ0n) is 11.2. The predicted octanol–water partition coefficient (Wildman–Crippen LogP) is 4.04. The number of carbonyl (C=O) groups is 1. The summed E-state index contributed by atoms with van der Waals surface area (Å²) in [7, 11) is 0. The van der Waals surface area contributed by atoms with Gasteiger partial charge in [0.15, 0.2) is 0 Å². The lowest BCUT2D eigenvalue weighted by molar-refractivity contribution is 0.0683. The van der Waals surface area contributed by atoms with Crippen LogP contribution >= 0.6 is 11.3 Å². The van der Waals surface area contributed by atoms with E-state index in [2.05, 4.69) is 11.1 Å². The first-order valence-corrected chi connectivity index (χ1v) is 7.24. The highest BCUT2D eigenvalue weighted by Crippen LogP contribution is 2.30. The van der Waals surface area contributed by atoms with Crippen molar-refractivity contribution in [2.24, 2.45) is 0 Å². The van der Waals surface area contributed by atoms with Gasteiger partial charge in [0.2, 0.25) is 0 Å². The molecule has 0 radical (unpaired) electrons. The van der Waals surface area contributed by atoms with Crippen LogP contribution in [-0.4, -0.2) is 20.6 Å².